The smallest absolute Gasteiger partial charge is 0.341 e. The molecular formula is C19H27N5O3S2. The van der Waals surface area contributed by atoms with Crippen molar-refractivity contribution < 1.29 is 14.3 Å². The van der Waals surface area contributed by atoms with E-state index in [9.17, 15) is 9.59 Å². The molecule has 1 unspecified atom stereocenters. The number of aromatic nitrogens is 3. The normalized spacial score (nSPS) is 16.0. The quantitative estimate of drug-likeness (QED) is 0.388. The molecule has 2 aromatic rings. The van der Waals surface area contributed by atoms with Crippen molar-refractivity contribution in [1.29, 1.82) is 0 Å². The van der Waals surface area contributed by atoms with E-state index in [0.717, 1.165) is 29.7 Å². The van der Waals surface area contributed by atoms with E-state index in [1.54, 1.807) is 6.92 Å². The van der Waals surface area contributed by atoms with E-state index < -0.39 is 0 Å². The summed E-state index contributed by atoms with van der Waals surface area (Å²) in [7, 11) is 0. The number of thiophene rings is 1. The predicted molar refractivity (Wildman–Crippen MR) is 115 cm³/mol. The predicted octanol–water partition coefficient (Wildman–Crippen LogP) is 3.21. The van der Waals surface area contributed by atoms with Crippen molar-refractivity contribution >= 4 is 40.0 Å². The van der Waals surface area contributed by atoms with Gasteiger partial charge in [0.15, 0.2) is 5.82 Å². The Hall–Kier alpha value is -2.07. The molecule has 1 atom stereocenters. The maximum Gasteiger partial charge on any atom is 0.341 e. The molecular weight excluding hydrogens is 410 g/mol. The zero-order valence-electron chi connectivity index (χ0n) is 17.2. The fourth-order valence-electron chi connectivity index (χ4n) is 3.33. The number of amides is 1. The molecule has 2 heterocycles. The number of carbonyl (C=O) groups is 2. The third-order valence-corrected chi connectivity index (χ3v) is 6.90. The summed E-state index contributed by atoms with van der Waals surface area (Å²) in [6.45, 7) is 8.24. The van der Waals surface area contributed by atoms with Crippen LogP contribution in [-0.4, -0.2) is 39.1 Å². The van der Waals surface area contributed by atoms with Crippen LogP contribution in [0, 0.1) is 5.92 Å². The van der Waals surface area contributed by atoms with Crippen LogP contribution in [0.15, 0.2) is 5.16 Å². The van der Waals surface area contributed by atoms with Crippen molar-refractivity contribution in [3.05, 3.63) is 21.8 Å². The average Bonchev–Trinajstić information content (AvgIpc) is 3.19. The second-order valence-corrected chi connectivity index (χ2v) is 9.53. The van der Waals surface area contributed by atoms with Gasteiger partial charge in [0.25, 0.3) is 0 Å². The summed E-state index contributed by atoms with van der Waals surface area (Å²) in [6, 6.07) is 0. The summed E-state index contributed by atoms with van der Waals surface area (Å²) in [5, 5.41) is 12.1. The molecule has 0 aromatic carbocycles. The number of hydrogen-bond acceptors (Lipinski definition) is 8. The summed E-state index contributed by atoms with van der Waals surface area (Å²) in [4.78, 5) is 26.3. The number of ether oxygens (including phenoxy) is 1. The molecule has 0 bridgehead atoms. The number of hydrogen-bond donors (Lipinski definition) is 2. The maximum atomic E-state index is 12.6. The number of nitrogens with zero attached hydrogens (tertiary/aromatic N) is 3. The number of esters is 1. The van der Waals surface area contributed by atoms with Crippen LogP contribution in [0.4, 0.5) is 5.00 Å². The summed E-state index contributed by atoms with van der Waals surface area (Å²) in [5.74, 6) is 6.90. The molecule has 2 aromatic heterocycles. The number of fused-ring (bicyclic) bond motifs is 1. The monoisotopic (exact) mass is 437 g/mol. The third kappa shape index (κ3) is 4.75. The highest BCUT2D eigenvalue weighted by atomic mass is 32.2. The lowest BCUT2D eigenvalue weighted by molar-refractivity contribution is -0.113. The molecule has 3 N–H and O–H groups in total. The van der Waals surface area contributed by atoms with Crippen molar-refractivity contribution in [2.75, 3.05) is 23.5 Å². The molecule has 0 saturated carbocycles. The Labute approximate surface area is 178 Å². The Bertz CT molecular complexity index is 906. The van der Waals surface area contributed by atoms with Crippen LogP contribution >= 0.6 is 23.1 Å². The number of thioether (sulfide) groups is 1. The lowest BCUT2D eigenvalue weighted by Crippen LogP contribution is -2.19. The van der Waals surface area contributed by atoms with Gasteiger partial charge < -0.3 is 15.9 Å². The molecule has 8 nitrogen and oxygen atoms in total. The number of nitrogens with one attached hydrogen (secondary N) is 1. The van der Waals surface area contributed by atoms with Crippen molar-refractivity contribution in [2.24, 2.45) is 5.92 Å². The highest BCUT2D eigenvalue weighted by Crippen LogP contribution is 2.40. The maximum absolute atomic E-state index is 12.6. The van der Waals surface area contributed by atoms with Crippen molar-refractivity contribution in [3.63, 3.8) is 0 Å². The number of anilines is 1. The molecule has 3 rings (SSSR count). The van der Waals surface area contributed by atoms with E-state index in [0.29, 0.717) is 34.1 Å². The van der Waals surface area contributed by atoms with Crippen LogP contribution < -0.4 is 11.2 Å². The van der Waals surface area contributed by atoms with Gasteiger partial charge in [-0.05, 0) is 37.7 Å². The molecule has 10 heteroatoms. The Kier molecular flexibility index (Phi) is 6.84. The van der Waals surface area contributed by atoms with Crippen LogP contribution in [0.3, 0.4) is 0 Å². The molecule has 0 spiro atoms. The van der Waals surface area contributed by atoms with Gasteiger partial charge in [-0.25, -0.2) is 9.47 Å². The molecule has 1 aliphatic rings. The van der Waals surface area contributed by atoms with E-state index in [1.807, 2.05) is 13.8 Å². The lowest BCUT2D eigenvalue weighted by Gasteiger charge is -2.18. The fourth-order valence-corrected chi connectivity index (χ4v) is 5.41. The highest BCUT2D eigenvalue weighted by Gasteiger charge is 2.29. The molecule has 0 radical (unpaired) electrons. The van der Waals surface area contributed by atoms with E-state index in [1.165, 1.54) is 27.8 Å². The van der Waals surface area contributed by atoms with Crippen LogP contribution in [0.2, 0.25) is 0 Å². The summed E-state index contributed by atoms with van der Waals surface area (Å²) in [6.07, 6.45) is 2.79. The van der Waals surface area contributed by atoms with Gasteiger partial charge in [-0.1, -0.05) is 32.5 Å². The first-order chi connectivity index (χ1) is 13.8. The Balaban J connectivity index is 1.73. The van der Waals surface area contributed by atoms with Crippen LogP contribution in [-0.2, 0) is 22.4 Å². The minimum Gasteiger partial charge on any atom is -0.462 e. The van der Waals surface area contributed by atoms with Gasteiger partial charge in [0.05, 0.1) is 17.9 Å². The molecule has 0 saturated heterocycles. The fraction of sp³-hybridized carbons (Fsp3) is 0.579. The van der Waals surface area contributed by atoms with E-state index in [-0.39, 0.29) is 23.5 Å². The average molecular weight is 438 g/mol. The highest BCUT2D eigenvalue weighted by molar-refractivity contribution is 7.99. The Morgan fingerprint density at radius 2 is 2.17 bits per heavy atom. The zero-order valence-corrected chi connectivity index (χ0v) is 18.8. The largest absolute Gasteiger partial charge is 0.462 e. The Morgan fingerprint density at radius 1 is 1.41 bits per heavy atom. The molecule has 0 aliphatic heterocycles. The van der Waals surface area contributed by atoms with Crippen molar-refractivity contribution in [3.8, 4) is 0 Å². The summed E-state index contributed by atoms with van der Waals surface area (Å²) >= 11 is 2.69. The van der Waals surface area contributed by atoms with Gasteiger partial charge in [0.2, 0.25) is 11.1 Å². The SMILES string of the molecule is CCOC(=O)c1c(NC(=O)CSc2nnc(C(C)C)n2N)sc2c1CCC(C)C2. The number of nitrogens with two attached hydrogens (primary N) is 1. The molecule has 1 aliphatic carbocycles. The third-order valence-electron chi connectivity index (χ3n) is 4.78. The molecule has 158 valence electrons. The van der Waals surface area contributed by atoms with E-state index in [4.69, 9.17) is 10.6 Å². The minimum absolute atomic E-state index is 0.120. The second kappa shape index (κ2) is 9.17. The molecule has 29 heavy (non-hydrogen) atoms. The van der Waals surface area contributed by atoms with Gasteiger partial charge >= 0.3 is 5.97 Å². The Morgan fingerprint density at radius 3 is 2.83 bits per heavy atom. The first-order valence-corrected chi connectivity index (χ1v) is 11.6. The first-order valence-electron chi connectivity index (χ1n) is 9.76. The van der Waals surface area contributed by atoms with Gasteiger partial charge in [-0.2, -0.15) is 0 Å². The van der Waals surface area contributed by atoms with Crippen LogP contribution in [0.25, 0.3) is 0 Å². The second-order valence-electron chi connectivity index (χ2n) is 7.48. The van der Waals surface area contributed by atoms with Crippen molar-refractivity contribution in [2.45, 2.75) is 58.0 Å². The summed E-state index contributed by atoms with van der Waals surface area (Å²) < 4.78 is 6.66. The van der Waals surface area contributed by atoms with Crippen LogP contribution in [0.1, 0.15) is 66.7 Å². The topological polar surface area (TPSA) is 112 Å². The van der Waals surface area contributed by atoms with Gasteiger partial charge in [0, 0.05) is 10.8 Å². The van der Waals surface area contributed by atoms with Gasteiger partial charge in [-0.3, -0.25) is 4.79 Å². The number of carbonyl (C=O) groups excluding carboxylic acids is 2. The lowest BCUT2D eigenvalue weighted by atomic mass is 9.88. The summed E-state index contributed by atoms with van der Waals surface area (Å²) in [5.41, 5.74) is 1.54. The first kappa shape index (κ1) is 21.6. The molecule has 0 fully saturated rings. The van der Waals surface area contributed by atoms with Gasteiger partial charge in [-0.15, -0.1) is 21.5 Å². The van der Waals surface area contributed by atoms with E-state index >= 15 is 0 Å². The van der Waals surface area contributed by atoms with Gasteiger partial charge in [0.1, 0.15) is 5.00 Å². The minimum atomic E-state index is -0.370. The zero-order chi connectivity index (χ0) is 21.1. The van der Waals surface area contributed by atoms with E-state index in [2.05, 4.69) is 22.4 Å². The number of rotatable bonds is 7. The van der Waals surface area contributed by atoms with Crippen LogP contribution in [0.5, 0.6) is 0 Å². The van der Waals surface area contributed by atoms with Crippen molar-refractivity contribution in [1.82, 2.24) is 14.9 Å². The standard InChI is InChI=1S/C19H27N5O3S2/c1-5-27-18(26)15-12-7-6-11(4)8-13(12)29-17(15)21-14(25)9-28-19-23-22-16(10(2)3)24(19)20/h10-11H,5-9,20H2,1-4H3,(H,21,25). The number of nitrogen functional groups attached to an aromatic ring is 1. The molecule has 1 amide bonds.